The molecular formula is C21H21FN4O2. The summed E-state index contributed by atoms with van der Waals surface area (Å²) in [6.07, 6.45) is 0. The number of anilines is 1. The van der Waals surface area contributed by atoms with Crippen molar-refractivity contribution < 1.29 is 9.18 Å². The van der Waals surface area contributed by atoms with Crippen molar-refractivity contribution in [1.29, 1.82) is 0 Å². The molecule has 2 aromatic carbocycles. The van der Waals surface area contributed by atoms with Crippen LogP contribution in [0.2, 0.25) is 0 Å². The minimum absolute atomic E-state index is 0.0770. The fourth-order valence-electron chi connectivity index (χ4n) is 3.63. The monoisotopic (exact) mass is 380 g/mol. The third kappa shape index (κ3) is 3.13. The van der Waals surface area contributed by atoms with E-state index in [1.165, 1.54) is 12.1 Å². The lowest BCUT2D eigenvalue weighted by Crippen LogP contribution is -2.50. The van der Waals surface area contributed by atoms with Crippen molar-refractivity contribution in [2.45, 2.75) is 13.5 Å². The molecule has 0 radical (unpaired) electrons. The molecule has 0 saturated carbocycles. The van der Waals surface area contributed by atoms with Gasteiger partial charge < -0.3 is 14.4 Å². The van der Waals surface area contributed by atoms with Gasteiger partial charge in [0.2, 0.25) is 0 Å². The van der Waals surface area contributed by atoms with Crippen LogP contribution in [0.4, 0.5) is 10.2 Å². The lowest BCUT2D eigenvalue weighted by atomic mass is 10.1. The van der Waals surface area contributed by atoms with Crippen molar-refractivity contribution in [3.05, 3.63) is 70.3 Å². The highest BCUT2D eigenvalue weighted by atomic mass is 19.1. The number of piperazine rings is 1. The predicted octanol–water partition coefficient (Wildman–Crippen LogP) is 2.52. The van der Waals surface area contributed by atoms with Crippen LogP contribution in [-0.4, -0.2) is 46.5 Å². The molecule has 3 aromatic rings. The third-order valence-electron chi connectivity index (χ3n) is 5.12. The van der Waals surface area contributed by atoms with Crippen molar-refractivity contribution in [3.8, 4) is 0 Å². The number of hydrogen-bond donors (Lipinski definition) is 0. The molecule has 0 N–H and O–H groups in total. The Morgan fingerprint density at radius 3 is 2.43 bits per heavy atom. The number of hydrogen-bond acceptors (Lipinski definition) is 4. The van der Waals surface area contributed by atoms with Gasteiger partial charge in [0.15, 0.2) is 5.82 Å². The molecule has 1 aromatic heterocycles. The number of amides is 1. The zero-order valence-corrected chi connectivity index (χ0v) is 15.6. The summed E-state index contributed by atoms with van der Waals surface area (Å²) < 4.78 is 15.6. The lowest BCUT2D eigenvalue weighted by molar-refractivity contribution is 0.0741. The molecule has 0 unspecified atom stereocenters. The van der Waals surface area contributed by atoms with Gasteiger partial charge in [-0.3, -0.25) is 9.59 Å². The molecule has 1 amide bonds. The number of nitrogens with zero attached hydrogens (tertiary/aromatic N) is 4. The molecule has 7 heteroatoms. The summed E-state index contributed by atoms with van der Waals surface area (Å²) >= 11 is 0. The molecule has 6 nitrogen and oxygen atoms in total. The van der Waals surface area contributed by atoms with Crippen LogP contribution < -0.4 is 10.5 Å². The molecule has 144 valence electrons. The summed E-state index contributed by atoms with van der Waals surface area (Å²) in [5, 5.41) is 0. The standard InChI is InChI=1S/C21H21FN4O2/c1-2-26-18-10-6-5-9-17(18)23-19(21(26)28)24-11-13-25(14-12-24)20(27)15-7-3-4-8-16(15)22/h3-10H,2,11-14H2,1H3. The van der Waals surface area contributed by atoms with Crippen LogP contribution in [0.25, 0.3) is 11.0 Å². The molecule has 0 spiro atoms. The number of rotatable bonds is 3. The van der Waals surface area contributed by atoms with Crippen LogP contribution in [0.1, 0.15) is 17.3 Å². The van der Waals surface area contributed by atoms with Crippen LogP contribution in [-0.2, 0) is 6.54 Å². The quantitative estimate of drug-likeness (QED) is 0.701. The Morgan fingerprint density at radius 1 is 1.04 bits per heavy atom. The molecule has 28 heavy (non-hydrogen) atoms. The first-order valence-electron chi connectivity index (χ1n) is 9.38. The third-order valence-corrected chi connectivity index (χ3v) is 5.12. The number of aromatic nitrogens is 2. The first-order chi connectivity index (χ1) is 13.6. The van der Waals surface area contributed by atoms with E-state index >= 15 is 0 Å². The van der Waals surface area contributed by atoms with Gasteiger partial charge in [-0.1, -0.05) is 24.3 Å². The second-order valence-electron chi connectivity index (χ2n) is 6.73. The Kier molecular flexibility index (Phi) is 4.81. The summed E-state index contributed by atoms with van der Waals surface area (Å²) in [4.78, 5) is 33.6. The van der Waals surface area contributed by atoms with E-state index in [0.717, 1.165) is 11.0 Å². The zero-order chi connectivity index (χ0) is 19.7. The average Bonchev–Trinajstić information content (AvgIpc) is 2.73. The summed E-state index contributed by atoms with van der Waals surface area (Å²) in [6.45, 7) is 4.26. The maximum Gasteiger partial charge on any atom is 0.293 e. The van der Waals surface area contributed by atoms with Crippen molar-refractivity contribution in [1.82, 2.24) is 14.5 Å². The van der Waals surface area contributed by atoms with Crippen LogP contribution in [0.5, 0.6) is 0 Å². The second kappa shape index (κ2) is 7.42. The molecule has 0 atom stereocenters. The number of fused-ring (bicyclic) bond motifs is 1. The molecule has 1 aliphatic rings. The molecule has 1 saturated heterocycles. The number of benzene rings is 2. The topological polar surface area (TPSA) is 58.4 Å². The van der Waals surface area contributed by atoms with Crippen LogP contribution in [0, 0.1) is 5.82 Å². The van der Waals surface area contributed by atoms with E-state index in [4.69, 9.17) is 0 Å². The number of para-hydroxylation sites is 2. The van der Waals surface area contributed by atoms with Crippen molar-refractivity contribution in [3.63, 3.8) is 0 Å². The maximum atomic E-state index is 13.9. The predicted molar refractivity (Wildman–Crippen MR) is 106 cm³/mol. The number of aryl methyl sites for hydroxylation is 1. The highest BCUT2D eigenvalue weighted by molar-refractivity contribution is 5.94. The van der Waals surface area contributed by atoms with Gasteiger partial charge >= 0.3 is 0 Å². The Morgan fingerprint density at radius 2 is 1.71 bits per heavy atom. The molecule has 4 rings (SSSR count). The van der Waals surface area contributed by atoms with Gasteiger partial charge in [-0.15, -0.1) is 0 Å². The zero-order valence-electron chi connectivity index (χ0n) is 15.6. The molecule has 2 heterocycles. The van der Waals surface area contributed by atoms with Gasteiger partial charge in [0, 0.05) is 32.7 Å². The van der Waals surface area contributed by atoms with Crippen molar-refractivity contribution in [2.24, 2.45) is 0 Å². The van der Waals surface area contributed by atoms with Crippen LogP contribution in [0.3, 0.4) is 0 Å². The first-order valence-corrected chi connectivity index (χ1v) is 9.38. The Bertz CT molecular complexity index is 1090. The number of carbonyl (C=O) groups excluding carboxylic acids is 1. The van der Waals surface area contributed by atoms with E-state index in [1.807, 2.05) is 36.1 Å². The molecule has 1 fully saturated rings. The number of carbonyl (C=O) groups is 1. The SMILES string of the molecule is CCn1c(=O)c(N2CCN(C(=O)c3ccccc3F)CC2)nc2ccccc21. The Hall–Kier alpha value is -3.22. The van der Waals surface area contributed by atoms with E-state index in [0.29, 0.717) is 38.5 Å². The molecule has 0 bridgehead atoms. The van der Waals surface area contributed by atoms with Crippen molar-refractivity contribution in [2.75, 3.05) is 31.1 Å². The second-order valence-corrected chi connectivity index (χ2v) is 6.73. The lowest BCUT2D eigenvalue weighted by Gasteiger charge is -2.35. The summed E-state index contributed by atoms with van der Waals surface area (Å²) in [5.74, 6) is -0.439. The summed E-state index contributed by atoms with van der Waals surface area (Å²) in [7, 11) is 0. The average molecular weight is 380 g/mol. The van der Waals surface area contributed by atoms with E-state index in [1.54, 1.807) is 21.6 Å². The van der Waals surface area contributed by atoms with E-state index in [9.17, 15) is 14.0 Å². The normalized spacial score (nSPS) is 14.5. The summed E-state index contributed by atoms with van der Waals surface area (Å²) in [6, 6.07) is 13.6. The summed E-state index contributed by atoms with van der Waals surface area (Å²) in [5.41, 5.74) is 1.53. The minimum Gasteiger partial charge on any atom is -0.348 e. The smallest absolute Gasteiger partial charge is 0.293 e. The van der Waals surface area contributed by atoms with E-state index in [2.05, 4.69) is 4.98 Å². The minimum atomic E-state index is -0.517. The number of halogens is 1. The first kappa shape index (κ1) is 18.2. The molecule has 0 aliphatic carbocycles. The van der Waals surface area contributed by atoms with Crippen LogP contribution >= 0.6 is 0 Å². The maximum absolute atomic E-state index is 13.9. The Balaban J connectivity index is 1.57. The van der Waals surface area contributed by atoms with Gasteiger partial charge in [0.25, 0.3) is 11.5 Å². The fourth-order valence-corrected chi connectivity index (χ4v) is 3.63. The van der Waals surface area contributed by atoms with Gasteiger partial charge in [-0.2, -0.15) is 0 Å². The largest absolute Gasteiger partial charge is 0.348 e. The molecule has 1 aliphatic heterocycles. The van der Waals surface area contributed by atoms with E-state index < -0.39 is 5.82 Å². The van der Waals surface area contributed by atoms with Crippen LogP contribution in [0.15, 0.2) is 53.3 Å². The fraction of sp³-hybridized carbons (Fsp3) is 0.286. The van der Waals surface area contributed by atoms with Gasteiger partial charge in [0.1, 0.15) is 5.82 Å². The Labute approximate surface area is 161 Å². The highest BCUT2D eigenvalue weighted by Gasteiger charge is 2.26. The van der Waals surface area contributed by atoms with Gasteiger partial charge in [0.05, 0.1) is 16.6 Å². The van der Waals surface area contributed by atoms with E-state index in [-0.39, 0.29) is 17.0 Å². The van der Waals surface area contributed by atoms with Gasteiger partial charge in [-0.25, -0.2) is 9.37 Å². The highest BCUT2D eigenvalue weighted by Crippen LogP contribution is 2.17. The molecular weight excluding hydrogens is 359 g/mol. The van der Waals surface area contributed by atoms with Crippen molar-refractivity contribution >= 4 is 22.8 Å². The van der Waals surface area contributed by atoms with Gasteiger partial charge in [-0.05, 0) is 31.2 Å².